The molecule has 0 bridgehead atoms. The monoisotopic (exact) mass is 635 g/mol. The Morgan fingerprint density at radius 2 is 1.74 bits per heavy atom. The Hall–Kier alpha value is -4.56. The molecular weight excluding hydrogens is 590 g/mol. The van der Waals surface area contributed by atoms with Crippen LogP contribution in [0.1, 0.15) is 96.4 Å². The highest BCUT2D eigenvalue weighted by Crippen LogP contribution is 2.49. The average Bonchev–Trinajstić information content (AvgIpc) is 3.75. The standard InChI is InChI=1S/C36H45N9O2/c1-4-38-23(3)25-13-15-30-26(18-25)11-12-27-19-28(34(47)39-5-2)14-16-31(27)36(30,35-41-43-44-42-35)20-32(24-8-6-9-24)40-22-33(46)45-17-7-10-29(45)21-37/h13-16,18-19,24,29,32,38,40H,3-12,17,20,22H2,1-2H3,(H,39,47)(H,41,42,43,44)/t29?,32-,36?/m0/s1. The highest BCUT2D eigenvalue weighted by Gasteiger charge is 2.47. The third-order valence-electron chi connectivity index (χ3n) is 10.4. The van der Waals surface area contributed by atoms with Crippen LogP contribution in [-0.4, -0.2) is 75.6 Å². The summed E-state index contributed by atoms with van der Waals surface area (Å²) < 4.78 is 0. The van der Waals surface area contributed by atoms with Crippen molar-refractivity contribution in [3.63, 3.8) is 0 Å². The van der Waals surface area contributed by atoms with E-state index in [-0.39, 0.29) is 30.4 Å². The molecule has 1 aromatic heterocycles. The van der Waals surface area contributed by atoms with Gasteiger partial charge in [-0.05, 0) is 121 Å². The maximum atomic E-state index is 13.4. The van der Waals surface area contributed by atoms with Crippen LogP contribution in [0.25, 0.3) is 5.70 Å². The number of hydrogen-bond acceptors (Lipinski definition) is 8. The van der Waals surface area contributed by atoms with E-state index in [0.717, 1.165) is 79.4 Å². The lowest BCUT2D eigenvalue weighted by Crippen LogP contribution is -2.50. The van der Waals surface area contributed by atoms with Crippen molar-refractivity contribution in [1.29, 1.82) is 5.26 Å². The van der Waals surface area contributed by atoms with E-state index in [2.05, 4.69) is 80.4 Å². The smallest absolute Gasteiger partial charge is 0.251 e. The molecule has 2 amide bonds. The summed E-state index contributed by atoms with van der Waals surface area (Å²) in [6.07, 6.45) is 6.97. The molecule has 3 aromatic rings. The topological polar surface area (TPSA) is 152 Å². The minimum Gasteiger partial charge on any atom is -0.385 e. The van der Waals surface area contributed by atoms with E-state index >= 15 is 0 Å². The minimum atomic E-state index is -0.790. The fraction of sp³-hybridized carbons (Fsp3) is 0.500. The number of fused-ring (bicyclic) bond motifs is 2. The lowest BCUT2D eigenvalue weighted by atomic mass is 9.64. The molecule has 47 heavy (non-hydrogen) atoms. The van der Waals surface area contributed by atoms with Crippen molar-refractivity contribution >= 4 is 17.5 Å². The van der Waals surface area contributed by atoms with E-state index in [0.29, 0.717) is 36.8 Å². The summed E-state index contributed by atoms with van der Waals surface area (Å²) in [6, 6.07) is 14.4. The van der Waals surface area contributed by atoms with Crippen molar-refractivity contribution in [1.82, 2.24) is 41.5 Å². The van der Waals surface area contributed by atoms with Crippen LogP contribution >= 0.6 is 0 Å². The number of aromatic nitrogens is 4. The second-order valence-corrected chi connectivity index (χ2v) is 13.0. The summed E-state index contributed by atoms with van der Waals surface area (Å²) in [4.78, 5) is 28.1. The van der Waals surface area contributed by atoms with E-state index in [1.807, 2.05) is 19.1 Å². The molecule has 3 aliphatic rings. The Kier molecular flexibility index (Phi) is 9.68. The van der Waals surface area contributed by atoms with Crippen LogP contribution in [0.5, 0.6) is 0 Å². The van der Waals surface area contributed by atoms with Crippen LogP contribution in [0.4, 0.5) is 0 Å². The number of nitrogens with one attached hydrogen (secondary N) is 4. The first-order valence-electron chi connectivity index (χ1n) is 17.0. The van der Waals surface area contributed by atoms with E-state index in [9.17, 15) is 14.9 Å². The summed E-state index contributed by atoms with van der Waals surface area (Å²) in [5.41, 5.74) is 6.14. The Morgan fingerprint density at radius 1 is 1.04 bits per heavy atom. The number of aromatic amines is 1. The summed E-state index contributed by atoms with van der Waals surface area (Å²) in [6.45, 7) is 10.4. The fourth-order valence-corrected chi connectivity index (χ4v) is 7.76. The van der Waals surface area contributed by atoms with Gasteiger partial charge in [0.25, 0.3) is 5.91 Å². The van der Waals surface area contributed by atoms with Crippen molar-refractivity contribution in [2.24, 2.45) is 5.92 Å². The Morgan fingerprint density at radius 3 is 2.36 bits per heavy atom. The maximum absolute atomic E-state index is 13.4. The van der Waals surface area contributed by atoms with Gasteiger partial charge in [-0.3, -0.25) is 9.59 Å². The van der Waals surface area contributed by atoms with Crippen LogP contribution in [0.2, 0.25) is 0 Å². The van der Waals surface area contributed by atoms with Gasteiger partial charge in [-0.1, -0.05) is 31.2 Å². The predicted molar refractivity (Wildman–Crippen MR) is 179 cm³/mol. The van der Waals surface area contributed by atoms with Crippen LogP contribution < -0.4 is 16.0 Å². The lowest BCUT2D eigenvalue weighted by molar-refractivity contribution is -0.130. The predicted octanol–water partition coefficient (Wildman–Crippen LogP) is 3.63. The average molecular weight is 636 g/mol. The number of tetrazole rings is 1. The number of amides is 2. The largest absolute Gasteiger partial charge is 0.385 e. The zero-order valence-corrected chi connectivity index (χ0v) is 27.4. The molecule has 2 heterocycles. The zero-order valence-electron chi connectivity index (χ0n) is 27.4. The molecule has 0 spiro atoms. The summed E-state index contributed by atoms with van der Waals surface area (Å²) in [5, 5.41) is 35.5. The molecule has 1 saturated carbocycles. The number of carbonyl (C=O) groups excluding carboxylic acids is 2. The van der Waals surface area contributed by atoms with Crippen LogP contribution in [0, 0.1) is 17.2 Å². The lowest BCUT2D eigenvalue weighted by Gasteiger charge is -2.42. The second-order valence-electron chi connectivity index (χ2n) is 13.0. The van der Waals surface area contributed by atoms with Gasteiger partial charge in [-0.15, -0.1) is 5.10 Å². The number of aryl methyl sites for hydroxylation is 2. The Bertz CT molecular complexity index is 1590. The zero-order chi connectivity index (χ0) is 33.0. The molecule has 2 aliphatic carbocycles. The number of H-pyrrole nitrogens is 1. The van der Waals surface area contributed by atoms with Crippen molar-refractivity contribution in [3.8, 4) is 6.07 Å². The molecule has 1 aliphatic heterocycles. The van der Waals surface area contributed by atoms with Gasteiger partial charge in [-0.2, -0.15) is 5.26 Å². The summed E-state index contributed by atoms with van der Waals surface area (Å²) in [7, 11) is 0. The Balaban J connectivity index is 1.47. The highest BCUT2D eigenvalue weighted by molar-refractivity contribution is 5.94. The number of nitrogens with zero attached hydrogens (tertiary/aromatic N) is 5. The molecule has 11 nitrogen and oxygen atoms in total. The first-order valence-corrected chi connectivity index (χ1v) is 17.0. The molecule has 2 aromatic carbocycles. The molecule has 0 radical (unpaired) electrons. The van der Waals surface area contributed by atoms with Crippen LogP contribution in [-0.2, 0) is 23.1 Å². The number of rotatable bonds is 12. The Labute approximate surface area is 276 Å². The van der Waals surface area contributed by atoms with Crippen molar-refractivity contribution in [2.45, 2.75) is 82.7 Å². The number of likely N-dealkylation sites (tertiary alicyclic amines) is 1. The second kappa shape index (κ2) is 14.1. The summed E-state index contributed by atoms with van der Waals surface area (Å²) in [5.74, 6) is 0.873. The number of nitriles is 1. The molecule has 1 saturated heterocycles. The van der Waals surface area contributed by atoms with Crippen molar-refractivity contribution < 1.29 is 9.59 Å². The molecule has 246 valence electrons. The van der Waals surface area contributed by atoms with Gasteiger partial charge in [0.1, 0.15) is 6.04 Å². The van der Waals surface area contributed by atoms with E-state index in [4.69, 9.17) is 0 Å². The van der Waals surface area contributed by atoms with Gasteiger partial charge in [0, 0.05) is 36.9 Å². The maximum Gasteiger partial charge on any atom is 0.251 e. The molecule has 3 atom stereocenters. The third-order valence-corrected chi connectivity index (χ3v) is 10.4. The van der Waals surface area contributed by atoms with Crippen molar-refractivity contribution in [3.05, 3.63) is 82.2 Å². The number of hydrogen-bond donors (Lipinski definition) is 4. The van der Waals surface area contributed by atoms with Gasteiger partial charge in [0.15, 0.2) is 5.82 Å². The minimum absolute atomic E-state index is 0.0285. The highest BCUT2D eigenvalue weighted by atomic mass is 16.2. The molecule has 6 rings (SSSR count). The number of benzene rings is 2. The molecule has 2 fully saturated rings. The van der Waals surface area contributed by atoms with Gasteiger partial charge < -0.3 is 20.9 Å². The van der Waals surface area contributed by atoms with Gasteiger partial charge in [-0.25, -0.2) is 5.10 Å². The van der Waals surface area contributed by atoms with Gasteiger partial charge in [0.05, 0.1) is 18.0 Å². The fourth-order valence-electron chi connectivity index (χ4n) is 7.76. The molecule has 11 heteroatoms. The number of carbonyl (C=O) groups is 2. The quantitative estimate of drug-likeness (QED) is 0.236. The van der Waals surface area contributed by atoms with E-state index in [1.165, 1.54) is 5.56 Å². The van der Waals surface area contributed by atoms with Gasteiger partial charge >= 0.3 is 0 Å². The van der Waals surface area contributed by atoms with Gasteiger partial charge in [0.2, 0.25) is 5.91 Å². The molecule has 4 N–H and O–H groups in total. The SMILES string of the molecule is C=C(NCC)c1ccc2c(c1)CCc1cc(C(=O)NCC)ccc1C2(C[C@H](NCC(=O)N1CCCC1C#N)C1CCC1)c1nnn[nH]1. The molecule has 2 unspecified atom stereocenters. The third kappa shape index (κ3) is 6.26. The first kappa shape index (κ1) is 32.4. The first-order chi connectivity index (χ1) is 22.9. The van der Waals surface area contributed by atoms with E-state index < -0.39 is 5.41 Å². The van der Waals surface area contributed by atoms with Crippen LogP contribution in [0.15, 0.2) is 43.0 Å². The van der Waals surface area contributed by atoms with Crippen LogP contribution in [0.3, 0.4) is 0 Å². The summed E-state index contributed by atoms with van der Waals surface area (Å²) >= 11 is 0. The molecular formula is C36H45N9O2. The normalized spacial score (nSPS) is 21.0. The van der Waals surface area contributed by atoms with E-state index in [1.54, 1.807) is 4.90 Å². The van der Waals surface area contributed by atoms with Crippen molar-refractivity contribution in [2.75, 3.05) is 26.2 Å².